The van der Waals surface area contributed by atoms with Crippen molar-refractivity contribution in [1.29, 1.82) is 0 Å². The molecule has 4 heterocycles. The molecular formula is C21H22N6OS. The third-order valence-electron chi connectivity index (χ3n) is 5.31. The lowest BCUT2D eigenvalue weighted by atomic mass is 9.97. The van der Waals surface area contributed by atoms with Gasteiger partial charge in [0.1, 0.15) is 10.6 Å². The maximum Gasteiger partial charge on any atom is 0.223 e. The first kappa shape index (κ1) is 18.2. The van der Waals surface area contributed by atoms with Gasteiger partial charge in [-0.05, 0) is 49.8 Å². The number of hydrogen-bond acceptors (Lipinski definition) is 8. The van der Waals surface area contributed by atoms with Crippen LogP contribution in [0.5, 0.6) is 0 Å². The second-order valence-electron chi connectivity index (χ2n) is 7.31. The summed E-state index contributed by atoms with van der Waals surface area (Å²) >= 11 is 1.80. The Kier molecular flexibility index (Phi) is 4.71. The van der Waals surface area contributed by atoms with E-state index in [4.69, 9.17) is 14.5 Å². The highest BCUT2D eigenvalue weighted by molar-refractivity contribution is 7.19. The number of aromatic nitrogens is 5. The van der Waals surface area contributed by atoms with Crippen LogP contribution in [0, 0.1) is 6.92 Å². The molecule has 0 aliphatic heterocycles. The smallest absolute Gasteiger partial charge is 0.223 e. The van der Waals surface area contributed by atoms with E-state index in [-0.39, 0.29) is 6.04 Å². The number of fused-ring (bicyclic) bond motifs is 3. The second kappa shape index (κ2) is 7.51. The van der Waals surface area contributed by atoms with E-state index in [1.165, 1.54) is 23.3 Å². The Morgan fingerprint density at radius 3 is 2.86 bits per heavy atom. The minimum atomic E-state index is -0.0774. The van der Waals surface area contributed by atoms with Crippen molar-refractivity contribution in [1.82, 2.24) is 25.1 Å². The molecule has 0 fully saturated rings. The lowest BCUT2D eigenvalue weighted by Crippen LogP contribution is -2.14. The lowest BCUT2D eigenvalue weighted by molar-refractivity contribution is 0.384. The van der Waals surface area contributed by atoms with Crippen molar-refractivity contribution < 1.29 is 4.52 Å². The summed E-state index contributed by atoms with van der Waals surface area (Å²) in [6.07, 6.45) is 9.04. The van der Waals surface area contributed by atoms with Crippen molar-refractivity contribution >= 4 is 27.4 Å². The molecule has 8 heteroatoms. The summed E-state index contributed by atoms with van der Waals surface area (Å²) in [6, 6.07) is 3.82. The average Bonchev–Trinajstić information content (AvgIpc) is 3.35. The molecule has 0 saturated heterocycles. The molecule has 1 aliphatic rings. The first-order valence-corrected chi connectivity index (χ1v) is 10.8. The molecule has 1 N–H and O–H groups in total. The van der Waals surface area contributed by atoms with Crippen molar-refractivity contribution in [2.45, 2.75) is 52.0 Å². The van der Waals surface area contributed by atoms with E-state index in [2.05, 4.69) is 27.4 Å². The monoisotopic (exact) mass is 406 g/mol. The quantitative estimate of drug-likeness (QED) is 0.505. The van der Waals surface area contributed by atoms with Crippen molar-refractivity contribution in [2.24, 2.45) is 0 Å². The fourth-order valence-electron chi connectivity index (χ4n) is 3.86. The third kappa shape index (κ3) is 3.37. The number of rotatable bonds is 5. The molecule has 1 atom stereocenters. The maximum absolute atomic E-state index is 5.20. The van der Waals surface area contributed by atoms with Crippen LogP contribution in [0.25, 0.3) is 21.6 Å². The minimum Gasteiger partial charge on any atom is -0.359 e. The molecule has 0 aromatic carbocycles. The Bertz CT molecular complexity index is 1150. The summed E-state index contributed by atoms with van der Waals surface area (Å²) in [6.45, 7) is 3.91. The fraction of sp³-hybridized carbons (Fsp3) is 0.381. The van der Waals surface area contributed by atoms with Gasteiger partial charge in [-0.3, -0.25) is 4.98 Å². The SMILES string of the molecule is CCC(Nc1nc(-c2cccnc2)nc2sc3c(c12)CCCC3)c1noc(C)n1. The van der Waals surface area contributed by atoms with Crippen molar-refractivity contribution in [3.63, 3.8) is 0 Å². The molecule has 1 aliphatic carbocycles. The van der Waals surface area contributed by atoms with E-state index >= 15 is 0 Å². The Hall–Kier alpha value is -2.87. The number of nitrogens with one attached hydrogen (secondary N) is 1. The van der Waals surface area contributed by atoms with Gasteiger partial charge in [0.25, 0.3) is 0 Å². The van der Waals surface area contributed by atoms with Crippen molar-refractivity contribution in [3.8, 4) is 11.4 Å². The summed E-state index contributed by atoms with van der Waals surface area (Å²) in [5, 5.41) is 8.87. The summed E-state index contributed by atoms with van der Waals surface area (Å²) in [7, 11) is 0. The second-order valence-corrected chi connectivity index (χ2v) is 8.39. The van der Waals surface area contributed by atoms with E-state index in [9.17, 15) is 0 Å². The summed E-state index contributed by atoms with van der Waals surface area (Å²) in [4.78, 5) is 21.0. The highest BCUT2D eigenvalue weighted by Crippen LogP contribution is 2.40. The first-order valence-electron chi connectivity index (χ1n) is 10.0. The third-order valence-corrected chi connectivity index (χ3v) is 6.49. The van der Waals surface area contributed by atoms with E-state index in [0.29, 0.717) is 17.5 Å². The van der Waals surface area contributed by atoms with Gasteiger partial charge in [-0.2, -0.15) is 4.98 Å². The molecular weight excluding hydrogens is 384 g/mol. The van der Waals surface area contributed by atoms with Crippen LogP contribution < -0.4 is 5.32 Å². The molecule has 148 valence electrons. The van der Waals surface area contributed by atoms with Crippen LogP contribution in [0.15, 0.2) is 29.0 Å². The number of hydrogen-bond donors (Lipinski definition) is 1. The normalized spacial score (nSPS) is 14.7. The van der Waals surface area contributed by atoms with Crippen molar-refractivity contribution in [2.75, 3.05) is 5.32 Å². The summed E-state index contributed by atoms with van der Waals surface area (Å²) in [5.74, 6) is 2.76. The Labute approximate surface area is 172 Å². The van der Waals surface area contributed by atoms with Gasteiger partial charge in [0, 0.05) is 29.8 Å². The minimum absolute atomic E-state index is 0.0774. The summed E-state index contributed by atoms with van der Waals surface area (Å²) < 4.78 is 5.20. The Morgan fingerprint density at radius 2 is 2.10 bits per heavy atom. The van der Waals surface area contributed by atoms with Crippen LogP contribution in [-0.4, -0.2) is 25.1 Å². The molecule has 4 aromatic heterocycles. The average molecular weight is 407 g/mol. The van der Waals surface area contributed by atoms with Crippen LogP contribution in [0.4, 0.5) is 5.82 Å². The van der Waals surface area contributed by atoms with Gasteiger partial charge in [-0.1, -0.05) is 12.1 Å². The molecule has 29 heavy (non-hydrogen) atoms. The van der Waals surface area contributed by atoms with Gasteiger partial charge >= 0.3 is 0 Å². The molecule has 0 bridgehead atoms. The zero-order valence-corrected chi connectivity index (χ0v) is 17.3. The van der Waals surface area contributed by atoms with Gasteiger partial charge in [-0.15, -0.1) is 11.3 Å². The number of nitrogens with zero attached hydrogens (tertiary/aromatic N) is 5. The standard InChI is InChI=1S/C21H22N6OS/c1-3-15(19-23-12(2)28-27-19)24-20-17-14-8-4-5-9-16(14)29-21(17)26-18(25-20)13-7-6-10-22-11-13/h6-7,10-11,15H,3-5,8-9H2,1-2H3,(H,24,25,26). The van der Waals surface area contributed by atoms with Gasteiger partial charge in [0.15, 0.2) is 11.6 Å². The molecule has 0 radical (unpaired) electrons. The highest BCUT2D eigenvalue weighted by atomic mass is 32.1. The predicted octanol–water partition coefficient (Wildman–Crippen LogP) is 4.89. The maximum atomic E-state index is 5.20. The Morgan fingerprint density at radius 1 is 1.21 bits per heavy atom. The van der Waals surface area contributed by atoms with Crippen LogP contribution in [0.3, 0.4) is 0 Å². The van der Waals surface area contributed by atoms with Gasteiger partial charge < -0.3 is 9.84 Å². The molecule has 5 rings (SSSR count). The zero-order chi connectivity index (χ0) is 19.8. The zero-order valence-electron chi connectivity index (χ0n) is 16.5. The van der Waals surface area contributed by atoms with Crippen LogP contribution in [0.2, 0.25) is 0 Å². The van der Waals surface area contributed by atoms with Gasteiger partial charge in [-0.25, -0.2) is 9.97 Å². The number of anilines is 1. The number of pyridine rings is 1. The van der Waals surface area contributed by atoms with Crippen LogP contribution in [-0.2, 0) is 12.8 Å². The first-order chi connectivity index (χ1) is 14.2. The molecule has 4 aromatic rings. The van der Waals surface area contributed by atoms with Gasteiger partial charge in [0.2, 0.25) is 5.89 Å². The fourth-order valence-corrected chi connectivity index (χ4v) is 5.12. The number of aryl methyl sites for hydroxylation is 3. The van der Waals surface area contributed by atoms with Gasteiger partial charge in [0.05, 0.1) is 11.4 Å². The largest absolute Gasteiger partial charge is 0.359 e. The van der Waals surface area contributed by atoms with Crippen molar-refractivity contribution in [3.05, 3.63) is 46.7 Å². The van der Waals surface area contributed by atoms with E-state index in [0.717, 1.165) is 40.9 Å². The highest BCUT2D eigenvalue weighted by Gasteiger charge is 2.24. The van der Waals surface area contributed by atoms with E-state index in [1.54, 1.807) is 23.7 Å². The lowest BCUT2D eigenvalue weighted by Gasteiger charge is -2.17. The van der Waals surface area contributed by atoms with E-state index < -0.39 is 0 Å². The predicted molar refractivity (Wildman–Crippen MR) is 113 cm³/mol. The molecule has 0 spiro atoms. The van der Waals surface area contributed by atoms with Crippen LogP contribution >= 0.6 is 11.3 Å². The molecule has 1 unspecified atom stereocenters. The molecule has 7 nitrogen and oxygen atoms in total. The van der Waals surface area contributed by atoms with Crippen LogP contribution in [0.1, 0.15) is 54.4 Å². The Balaban J connectivity index is 1.65. The molecule has 0 saturated carbocycles. The van der Waals surface area contributed by atoms with E-state index in [1.807, 2.05) is 19.1 Å². The molecule has 0 amide bonds. The number of thiophene rings is 1. The summed E-state index contributed by atoms with van der Waals surface area (Å²) in [5.41, 5.74) is 2.31. The topological polar surface area (TPSA) is 89.6 Å².